The summed E-state index contributed by atoms with van der Waals surface area (Å²) >= 11 is 0. The van der Waals surface area contributed by atoms with E-state index in [2.05, 4.69) is 28.1 Å². The molecule has 0 N–H and O–H groups in total. The molecule has 0 aromatic heterocycles. The summed E-state index contributed by atoms with van der Waals surface area (Å²) in [7, 11) is 6.44. The van der Waals surface area contributed by atoms with E-state index in [1.165, 1.54) is 0 Å². The van der Waals surface area contributed by atoms with Crippen molar-refractivity contribution in [1.82, 2.24) is 0 Å². The van der Waals surface area contributed by atoms with Gasteiger partial charge in [-0.2, -0.15) is 0 Å². The number of quaternary nitrogens is 1. The minimum Gasteiger partial charge on any atom is -0.316 e. The van der Waals surface area contributed by atoms with Crippen LogP contribution in [0.25, 0.3) is 0 Å². The van der Waals surface area contributed by atoms with Crippen molar-refractivity contribution in [3.05, 3.63) is 0 Å². The first-order valence-corrected chi connectivity index (χ1v) is 2.91. The molecule has 0 saturated carbocycles. The molecule has 8 heavy (non-hydrogen) atoms. The van der Waals surface area contributed by atoms with E-state index in [1.807, 2.05) is 0 Å². The van der Waals surface area contributed by atoms with Gasteiger partial charge in [-0.1, -0.05) is 0 Å². The van der Waals surface area contributed by atoms with Gasteiger partial charge in [0.2, 0.25) is 5.72 Å². The van der Waals surface area contributed by atoms with Gasteiger partial charge in [0.25, 0.3) is 0 Å². The van der Waals surface area contributed by atoms with Crippen molar-refractivity contribution < 1.29 is 9.22 Å². The first kappa shape index (κ1) is 6.05. The van der Waals surface area contributed by atoms with Crippen LogP contribution in [0, 0.1) is 0 Å². The number of hydrogen-bond donors (Lipinski definition) is 0. The van der Waals surface area contributed by atoms with Gasteiger partial charge in [-0.25, -0.2) is 0 Å². The molecule has 1 aliphatic heterocycles. The molecule has 0 amide bonds. The molecule has 0 bridgehead atoms. The zero-order valence-corrected chi connectivity index (χ0v) is 6.06. The Labute approximate surface area is 50.6 Å². The molecule has 2 heteroatoms. The molecule has 0 aromatic rings. The fourth-order valence-electron chi connectivity index (χ4n) is 0.492. The fraction of sp³-hybridized carbons (Fsp3) is 1.00. The quantitative estimate of drug-likeness (QED) is 0.358. The Bertz CT molecular complexity index is 96.3. The molecular weight excluding hydrogens is 102 g/mol. The Morgan fingerprint density at radius 3 is 1.75 bits per heavy atom. The van der Waals surface area contributed by atoms with Gasteiger partial charge in [-0.15, -0.1) is 0 Å². The second-order valence-corrected chi connectivity index (χ2v) is 3.48. The van der Waals surface area contributed by atoms with E-state index >= 15 is 0 Å². The van der Waals surface area contributed by atoms with Gasteiger partial charge in [0.1, 0.15) is 6.61 Å². The maximum absolute atomic E-state index is 5.23. The van der Waals surface area contributed by atoms with E-state index in [1.54, 1.807) is 0 Å². The van der Waals surface area contributed by atoms with Gasteiger partial charge >= 0.3 is 0 Å². The highest BCUT2D eigenvalue weighted by Crippen LogP contribution is 2.32. The summed E-state index contributed by atoms with van der Waals surface area (Å²) < 4.78 is 6.14. The molecule has 1 fully saturated rings. The predicted molar refractivity (Wildman–Crippen MR) is 32.4 cm³/mol. The third-order valence-electron chi connectivity index (χ3n) is 1.98. The lowest BCUT2D eigenvalue weighted by molar-refractivity contribution is -0.916. The standard InChI is InChI=1S/C6H14NO/c1-6(5-8-6)7(2,3)4/h5H2,1-4H3/q+1. The molecule has 1 heterocycles. The lowest BCUT2D eigenvalue weighted by Crippen LogP contribution is -2.46. The summed E-state index contributed by atoms with van der Waals surface area (Å²) in [6, 6.07) is 0. The highest BCUT2D eigenvalue weighted by Gasteiger charge is 2.52. The van der Waals surface area contributed by atoms with Crippen LogP contribution in [0.1, 0.15) is 6.92 Å². The maximum Gasteiger partial charge on any atom is 0.224 e. The molecule has 1 atom stereocenters. The summed E-state index contributed by atoms with van der Waals surface area (Å²) in [5.41, 5.74) is 0.125. The van der Waals surface area contributed by atoms with Crippen LogP contribution in [0.3, 0.4) is 0 Å². The van der Waals surface area contributed by atoms with E-state index in [9.17, 15) is 0 Å². The molecule has 0 aliphatic carbocycles. The summed E-state index contributed by atoms with van der Waals surface area (Å²) in [6.07, 6.45) is 0. The topological polar surface area (TPSA) is 12.5 Å². The average Bonchev–Trinajstić information content (AvgIpc) is 2.16. The zero-order valence-electron chi connectivity index (χ0n) is 6.06. The molecule has 1 saturated heterocycles. The van der Waals surface area contributed by atoms with E-state index < -0.39 is 0 Å². The van der Waals surface area contributed by atoms with Crippen LogP contribution < -0.4 is 0 Å². The van der Waals surface area contributed by atoms with Crippen LogP contribution in [-0.2, 0) is 4.74 Å². The van der Waals surface area contributed by atoms with E-state index in [0.717, 1.165) is 11.1 Å². The smallest absolute Gasteiger partial charge is 0.224 e. The number of ether oxygens (including phenoxy) is 1. The number of rotatable bonds is 1. The van der Waals surface area contributed by atoms with Crippen molar-refractivity contribution in [2.24, 2.45) is 0 Å². The Hall–Kier alpha value is -0.0800. The van der Waals surface area contributed by atoms with E-state index in [4.69, 9.17) is 4.74 Å². The summed E-state index contributed by atoms with van der Waals surface area (Å²) in [4.78, 5) is 0. The summed E-state index contributed by atoms with van der Waals surface area (Å²) in [5.74, 6) is 0. The molecular formula is C6H14NO+. The Kier molecular flexibility index (Phi) is 0.946. The third-order valence-corrected chi connectivity index (χ3v) is 1.98. The molecule has 0 spiro atoms. The minimum absolute atomic E-state index is 0.125. The SMILES string of the molecule is CC1([N+](C)(C)C)CO1. The van der Waals surface area contributed by atoms with Gasteiger partial charge < -0.3 is 9.22 Å². The van der Waals surface area contributed by atoms with Crippen molar-refractivity contribution >= 4 is 0 Å². The van der Waals surface area contributed by atoms with Gasteiger partial charge in [-0.05, 0) is 0 Å². The molecule has 1 unspecified atom stereocenters. The minimum atomic E-state index is 0.125. The van der Waals surface area contributed by atoms with E-state index in [-0.39, 0.29) is 5.72 Å². The monoisotopic (exact) mass is 116 g/mol. The van der Waals surface area contributed by atoms with Crippen LogP contribution in [0.15, 0.2) is 0 Å². The van der Waals surface area contributed by atoms with Crippen LogP contribution in [-0.4, -0.2) is 38.0 Å². The van der Waals surface area contributed by atoms with Gasteiger partial charge in [-0.3, -0.25) is 0 Å². The first-order chi connectivity index (χ1) is 3.46. The maximum atomic E-state index is 5.23. The molecule has 2 nitrogen and oxygen atoms in total. The largest absolute Gasteiger partial charge is 0.316 e. The lowest BCUT2D eigenvalue weighted by atomic mass is 10.3. The van der Waals surface area contributed by atoms with Crippen LogP contribution in [0.2, 0.25) is 0 Å². The van der Waals surface area contributed by atoms with Crippen LogP contribution in [0.4, 0.5) is 0 Å². The molecule has 1 rings (SSSR count). The Morgan fingerprint density at radius 1 is 1.38 bits per heavy atom. The highest BCUT2D eigenvalue weighted by molar-refractivity contribution is 4.74. The van der Waals surface area contributed by atoms with Crippen molar-refractivity contribution in [2.75, 3.05) is 27.7 Å². The average molecular weight is 116 g/mol. The second-order valence-electron chi connectivity index (χ2n) is 3.48. The fourth-order valence-corrected chi connectivity index (χ4v) is 0.492. The third kappa shape index (κ3) is 0.740. The van der Waals surface area contributed by atoms with Crippen molar-refractivity contribution in [1.29, 1.82) is 0 Å². The van der Waals surface area contributed by atoms with Gasteiger partial charge in [0.05, 0.1) is 21.1 Å². The van der Waals surface area contributed by atoms with Crippen molar-refractivity contribution in [2.45, 2.75) is 12.6 Å². The molecule has 0 aromatic carbocycles. The second kappa shape index (κ2) is 1.25. The summed E-state index contributed by atoms with van der Waals surface area (Å²) in [5, 5.41) is 0. The van der Waals surface area contributed by atoms with Gasteiger partial charge in [0.15, 0.2) is 0 Å². The highest BCUT2D eigenvalue weighted by atomic mass is 16.6. The Balaban J connectivity index is 2.58. The van der Waals surface area contributed by atoms with Crippen LogP contribution in [0.5, 0.6) is 0 Å². The number of epoxide rings is 1. The van der Waals surface area contributed by atoms with E-state index in [0.29, 0.717) is 0 Å². The number of likely N-dealkylation sites (N-methyl/N-ethyl adjacent to an activating group) is 1. The van der Waals surface area contributed by atoms with Crippen molar-refractivity contribution in [3.8, 4) is 0 Å². The van der Waals surface area contributed by atoms with Gasteiger partial charge in [0, 0.05) is 6.92 Å². The van der Waals surface area contributed by atoms with Crippen LogP contribution >= 0.6 is 0 Å². The van der Waals surface area contributed by atoms with Crippen molar-refractivity contribution in [3.63, 3.8) is 0 Å². The molecule has 0 radical (unpaired) electrons. The lowest BCUT2D eigenvalue weighted by Gasteiger charge is -2.28. The zero-order chi connectivity index (χ0) is 6.41. The normalized spacial score (nSPS) is 37.5. The summed E-state index contributed by atoms with van der Waals surface area (Å²) in [6.45, 7) is 3.05. The number of hydrogen-bond acceptors (Lipinski definition) is 1. The predicted octanol–water partition coefficient (Wildman–Crippen LogP) is 0.439. The number of nitrogens with zero attached hydrogens (tertiary/aromatic N) is 1. The molecule has 48 valence electrons. The molecule has 1 aliphatic rings. The Morgan fingerprint density at radius 2 is 1.75 bits per heavy atom. The first-order valence-electron chi connectivity index (χ1n) is 2.91.